The SMILES string of the molecule is C[SiH]C.Cl.Cl.OC(c1ccccc1)c1ccccc1.[C-]1=CC=CC1.[CH3-].[CH3-].[CH3-].[CH3-].[Ti]. The molecule has 0 unspecified atom stereocenters. The van der Waals surface area contributed by atoms with Gasteiger partial charge in [0, 0.05) is 31.2 Å². The van der Waals surface area contributed by atoms with Crippen molar-refractivity contribution in [2.75, 3.05) is 0 Å². The van der Waals surface area contributed by atoms with Crippen LogP contribution in [-0.2, 0) is 21.7 Å². The maximum absolute atomic E-state index is 9.99. The van der Waals surface area contributed by atoms with Gasteiger partial charge in [0.15, 0.2) is 0 Å². The van der Waals surface area contributed by atoms with Gasteiger partial charge in [-0.2, -0.15) is 6.08 Å². The summed E-state index contributed by atoms with van der Waals surface area (Å²) in [5.74, 6) is 0. The van der Waals surface area contributed by atoms with Crippen LogP contribution in [0.2, 0.25) is 13.1 Å². The number of aliphatic hydroxyl groups excluding tert-OH is 1. The second-order valence-corrected chi connectivity index (χ2v) is 5.96. The van der Waals surface area contributed by atoms with Crippen molar-refractivity contribution in [3.05, 3.63) is 126 Å². The molecule has 1 aliphatic carbocycles. The molecular formula is C24H38Cl2OSiTi-5. The van der Waals surface area contributed by atoms with Crippen LogP contribution < -0.4 is 0 Å². The first-order chi connectivity index (χ1) is 10.8. The summed E-state index contributed by atoms with van der Waals surface area (Å²) < 4.78 is 0. The summed E-state index contributed by atoms with van der Waals surface area (Å²) in [6.07, 6.45) is 9.48. The molecule has 0 saturated heterocycles. The fourth-order valence-electron chi connectivity index (χ4n) is 1.80. The first kappa shape index (κ1) is 46.6. The van der Waals surface area contributed by atoms with E-state index in [1.54, 1.807) is 0 Å². The minimum absolute atomic E-state index is 0. The Kier molecular flexibility index (Phi) is 51.5. The van der Waals surface area contributed by atoms with Crippen LogP contribution in [0.4, 0.5) is 0 Å². The van der Waals surface area contributed by atoms with Crippen molar-refractivity contribution in [2.24, 2.45) is 0 Å². The van der Waals surface area contributed by atoms with E-state index >= 15 is 0 Å². The molecule has 3 rings (SSSR count). The predicted molar refractivity (Wildman–Crippen MR) is 138 cm³/mol. The smallest absolute Gasteiger partial charge is 0.104 e. The van der Waals surface area contributed by atoms with Crippen molar-refractivity contribution in [1.82, 2.24) is 0 Å². The Morgan fingerprint density at radius 3 is 1.34 bits per heavy atom. The van der Waals surface area contributed by atoms with E-state index in [0.717, 1.165) is 27.1 Å². The van der Waals surface area contributed by atoms with E-state index < -0.39 is 6.10 Å². The Morgan fingerprint density at radius 1 is 0.793 bits per heavy atom. The normalized spacial score (nSPS) is 8.69. The van der Waals surface area contributed by atoms with Gasteiger partial charge in [0.25, 0.3) is 0 Å². The van der Waals surface area contributed by atoms with Gasteiger partial charge in [0.1, 0.15) is 6.10 Å². The van der Waals surface area contributed by atoms with Gasteiger partial charge in [-0.1, -0.05) is 73.8 Å². The van der Waals surface area contributed by atoms with E-state index in [-0.39, 0.29) is 76.2 Å². The average molecular weight is 489 g/mol. The molecule has 29 heavy (non-hydrogen) atoms. The molecule has 0 atom stereocenters. The monoisotopic (exact) mass is 488 g/mol. The molecular weight excluding hydrogens is 451 g/mol. The quantitative estimate of drug-likeness (QED) is 0.349. The number of benzene rings is 2. The molecule has 5 heteroatoms. The molecule has 1 N–H and O–H groups in total. The third-order valence-electron chi connectivity index (χ3n) is 2.82. The Balaban J connectivity index is -0.0000000566. The molecule has 2 aromatic carbocycles. The third kappa shape index (κ3) is 21.9. The molecule has 167 valence electrons. The first-order valence-electron chi connectivity index (χ1n) is 7.53. The molecule has 0 heterocycles. The molecule has 1 aliphatic rings. The summed E-state index contributed by atoms with van der Waals surface area (Å²) >= 11 is 0. The average Bonchev–Trinajstić information content (AvgIpc) is 3.16. The standard InChI is InChI=1S/C13H12O.C5H5.C2H7Si.4CH3.2ClH.Ti/c14-13(11-7-3-1-4-8-11)12-9-5-2-6-10-12;1-2-4-5-3-1;1-3-2;;;;;;;/h1-10,13-14H;1-3H,4H2;3H,1-2H3;4*1H3;2*1H;/q;-1;;4*-1;;;. The Bertz CT molecular complexity index is 514. The zero-order valence-electron chi connectivity index (χ0n) is 18.6. The van der Waals surface area contributed by atoms with Crippen molar-refractivity contribution in [2.45, 2.75) is 25.6 Å². The molecule has 0 spiro atoms. The molecule has 1 radical (unpaired) electrons. The van der Waals surface area contributed by atoms with Gasteiger partial charge in [-0.3, -0.25) is 6.08 Å². The molecule has 0 aliphatic heterocycles. The number of halogens is 2. The predicted octanol–water partition coefficient (Wildman–Crippen LogP) is 7.24. The van der Waals surface area contributed by atoms with Crippen LogP contribution in [0.3, 0.4) is 0 Å². The van der Waals surface area contributed by atoms with Gasteiger partial charge >= 0.3 is 0 Å². The van der Waals surface area contributed by atoms with Crippen molar-refractivity contribution >= 4 is 34.3 Å². The maximum Gasteiger partial charge on any atom is 0.104 e. The zero-order chi connectivity index (χ0) is 16.0. The maximum atomic E-state index is 9.99. The number of allylic oxidation sites excluding steroid dienone is 4. The topological polar surface area (TPSA) is 20.2 Å². The minimum atomic E-state index is -0.516. The van der Waals surface area contributed by atoms with E-state index in [0.29, 0.717) is 0 Å². The summed E-state index contributed by atoms with van der Waals surface area (Å²) in [5.41, 5.74) is 1.86. The summed E-state index contributed by atoms with van der Waals surface area (Å²) in [5, 5.41) is 9.99. The summed E-state index contributed by atoms with van der Waals surface area (Å²) in [6, 6.07) is 19.3. The number of aliphatic hydroxyl groups is 1. The van der Waals surface area contributed by atoms with Gasteiger partial charge < -0.3 is 34.8 Å². The third-order valence-corrected chi connectivity index (χ3v) is 2.82. The van der Waals surface area contributed by atoms with E-state index in [2.05, 4.69) is 25.2 Å². The molecule has 0 bridgehead atoms. The number of rotatable bonds is 2. The molecule has 0 fully saturated rings. The summed E-state index contributed by atoms with van der Waals surface area (Å²) in [6.45, 7) is 4.42. The van der Waals surface area contributed by atoms with Crippen LogP contribution in [0.5, 0.6) is 0 Å². The van der Waals surface area contributed by atoms with Gasteiger partial charge in [0.05, 0.1) is 0 Å². The zero-order valence-corrected chi connectivity index (χ0v) is 23.0. The van der Waals surface area contributed by atoms with Crippen molar-refractivity contribution < 1.29 is 26.8 Å². The number of hydrogen-bond donors (Lipinski definition) is 1. The van der Waals surface area contributed by atoms with Crippen molar-refractivity contribution in [3.63, 3.8) is 0 Å². The fraction of sp³-hybridized carbons (Fsp3) is 0.167. The minimum Gasteiger partial charge on any atom is -0.384 e. The van der Waals surface area contributed by atoms with Crippen LogP contribution in [0.25, 0.3) is 0 Å². The summed E-state index contributed by atoms with van der Waals surface area (Å²) in [4.78, 5) is 0. The summed E-state index contributed by atoms with van der Waals surface area (Å²) in [7, 11) is 0.750. The van der Waals surface area contributed by atoms with Gasteiger partial charge in [-0.25, -0.2) is 12.2 Å². The van der Waals surface area contributed by atoms with E-state index in [1.165, 1.54) is 0 Å². The number of hydrogen-bond acceptors (Lipinski definition) is 1. The van der Waals surface area contributed by atoms with Gasteiger partial charge in [-0.15, -0.1) is 31.2 Å². The molecule has 0 aromatic heterocycles. The molecule has 2 aromatic rings. The van der Waals surface area contributed by atoms with Crippen LogP contribution >= 0.6 is 24.8 Å². The molecule has 0 saturated carbocycles. The fourth-order valence-corrected chi connectivity index (χ4v) is 1.80. The van der Waals surface area contributed by atoms with Crippen LogP contribution in [0.15, 0.2) is 78.9 Å². The Hall–Kier alpha value is -0.609. The molecule has 1 nitrogen and oxygen atoms in total. The van der Waals surface area contributed by atoms with Crippen LogP contribution in [0, 0.1) is 35.8 Å². The second-order valence-electron chi connectivity index (χ2n) is 4.80. The van der Waals surface area contributed by atoms with Crippen molar-refractivity contribution in [3.8, 4) is 0 Å². The Labute approximate surface area is 211 Å². The van der Waals surface area contributed by atoms with Crippen molar-refractivity contribution in [1.29, 1.82) is 0 Å². The van der Waals surface area contributed by atoms with Gasteiger partial charge in [-0.05, 0) is 11.1 Å². The Morgan fingerprint density at radius 2 is 1.14 bits per heavy atom. The van der Waals surface area contributed by atoms with Crippen LogP contribution in [-0.4, -0.2) is 14.6 Å². The van der Waals surface area contributed by atoms with E-state index in [1.807, 2.05) is 72.8 Å². The molecule has 0 amide bonds. The second kappa shape index (κ2) is 32.1. The van der Waals surface area contributed by atoms with E-state index in [4.69, 9.17) is 0 Å². The first-order valence-corrected chi connectivity index (χ1v) is 9.84. The van der Waals surface area contributed by atoms with Crippen LogP contribution in [0.1, 0.15) is 23.7 Å². The van der Waals surface area contributed by atoms with E-state index in [9.17, 15) is 5.11 Å². The largest absolute Gasteiger partial charge is 0.384 e. The van der Waals surface area contributed by atoms with Gasteiger partial charge in [0.2, 0.25) is 0 Å².